The summed E-state index contributed by atoms with van der Waals surface area (Å²) < 4.78 is 0. The highest BCUT2D eigenvalue weighted by molar-refractivity contribution is 7.10. The predicted molar refractivity (Wildman–Crippen MR) is 107 cm³/mol. The van der Waals surface area contributed by atoms with Crippen LogP contribution in [0.4, 0.5) is 0 Å². The number of thiophene rings is 1. The summed E-state index contributed by atoms with van der Waals surface area (Å²) in [6.07, 6.45) is 4.14. The van der Waals surface area contributed by atoms with E-state index in [4.69, 9.17) is 0 Å². The molecule has 28 heavy (non-hydrogen) atoms. The van der Waals surface area contributed by atoms with Crippen LogP contribution < -0.4 is 10.9 Å². The number of thiazole rings is 1. The maximum absolute atomic E-state index is 12.6. The molecule has 0 spiro atoms. The fraction of sp³-hybridized carbons (Fsp3) is 0.263. The van der Waals surface area contributed by atoms with Gasteiger partial charge in [0.2, 0.25) is 5.91 Å². The molecule has 0 saturated heterocycles. The molecule has 144 valence electrons. The van der Waals surface area contributed by atoms with E-state index < -0.39 is 11.5 Å². The number of nitrogens with zero attached hydrogens (tertiary/aromatic N) is 2. The Labute approximate surface area is 169 Å². The van der Waals surface area contributed by atoms with E-state index in [0.29, 0.717) is 25.9 Å². The molecule has 2 amide bonds. The lowest BCUT2D eigenvalue weighted by Gasteiger charge is -2.29. The zero-order valence-electron chi connectivity index (χ0n) is 14.9. The van der Waals surface area contributed by atoms with Gasteiger partial charge in [-0.2, -0.15) is 0 Å². The van der Waals surface area contributed by atoms with E-state index in [1.54, 1.807) is 28.6 Å². The third-order valence-corrected chi connectivity index (χ3v) is 6.31. The number of aromatic nitrogens is 2. The Hall–Kier alpha value is -2.78. The third kappa shape index (κ3) is 3.90. The zero-order chi connectivity index (χ0) is 19.5. The maximum Gasteiger partial charge on any atom is 0.261 e. The van der Waals surface area contributed by atoms with Gasteiger partial charge in [-0.25, -0.2) is 4.98 Å². The van der Waals surface area contributed by atoms with Gasteiger partial charge in [0.1, 0.15) is 10.6 Å². The molecule has 0 aliphatic carbocycles. The van der Waals surface area contributed by atoms with Gasteiger partial charge >= 0.3 is 0 Å². The lowest BCUT2D eigenvalue weighted by atomic mass is 9.96. The highest BCUT2D eigenvalue weighted by Crippen LogP contribution is 2.21. The summed E-state index contributed by atoms with van der Waals surface area (Å²) in [6.45, 7) is 1.17. The van der Waals surface area contributed by atoms with E-state index in [2.05, 4.69) is 15.3 Å². The second-order valence-corrected chi connectivity index (χ2v) is 8.44. The zero-order valence-corrected chi connectivity index (χ0v) is 16.6. The minimum Gasteiger partial charge on any atom is -0.345 e. The summed E-state index contributed by atoms with van der Waals surface area (Å²) in [6, 6.07) is 3.88. The predicted octanol–water partition coefficient (Wildman–Crippen LogP) is 1.95. The van der Waals surface area contributed by atoms with Crippen molar-refractivity contribution < 1.29 is 9.59 Å². The molecule has 0 bridgehead atoms. The number of carbonyl (C=O) groups excluding carboxylic acids is 2. The Kier molecular flexibility index (Phi) is 5.36. The number of amides is 2. The molecule has 0 fully saturated rings. The Morgan fingerprint density at radius 2 is 2.18 bits per heavy atom. The molecule has 0 saturated carbocycles. The van der Waals surface area contributed by atoms with Crippen molar-refractivity contribution in [2.24, 2.45) is 0 Å². The molecule has 3 aromatic heterocycles. The van der Waals surface area contributed by atoms with Gasteiger partial charge in [-0.1, -0.05) is 6.07 Å². The normalized spacial score (nSPS) is 13.2. The number of carbonyl (C=O) groups is 2. The van der Waals surface area contributed by atoms with E-state index in [1.807, 2.05) is 22.9 Å². The fourth-order valence-electron chi connectivity index (χ4n) is 3.28. The molecule has 0 aromatic carbocycles. The van der Waals surface area contributed by atoms with Crippen LogP contribution in [0.15, 0.2) is 40.1 Å². The van der Waals surface area contributed by atoms with Crippen molar-refractivity contribution in [3.8, 4) is 0 Å². The van der Waals surface area contributed by atoms with Crippen LogP contribution in [0.1, 0.15) is 31.4 Å². The van der Waals surface area contributed by atoms with Crippen LogP contribution in [0.3, 0.4) is 0 Å². The largest absolute Gasteiger partial charge is 0.345 e. The number of fused-ring (bicyclic) bond motifs is 1. The molecule has 4 heterocycles. The van der Waals surface area contributed by atoms with Gasteiger partial charge in [-0.05, 0) is 29.0 Å². The van der Waals surface area contributed by atoms with Gasteiger partial charge in [-0.15, -0.1) is 22.7 Å². The summed E-state index contributed by atoms with van der Waals surface area (Å²) in [4.78, 5) is 47.1. The first-order chi connectivity index (χ1) is 13.6. The SMILES string of the molecule is O=C(NCc1nccs1)c1c2c(c[nH]c1=O)CN(C(=O)Cc1cccs1)CC2. The molecule has 2 N–H and O–H groups in total. The number of hydrogen-bond donors (Lipinski definition) is 2. The molecule has 1 aliphatic rings. The average Bonchev–Trinajstić information content (AvgIpc) is 3.39. The summed E-state index contributed by atoms with van der Waals surface area (Å²) in [5.41, 5.74) is 1.26. The second-order valence-electron chi connectivity index (χ2n) is 6.43. The highest BCUT2D eigenvalue weighted by Gasteiger charge is 2.26. The monoisotopic (exact) mass is 414 g/mol. The quantitative estimate of drug-likeness (QED) is 0.667. The van der Waals surface area contributed by atoms with Crippen LogP contribution in [0.2, 0.25) is 0 Å². The Morgan fingerprint density at radius 1 is 1.29 bits per heavy atom. The standard InChI is InChI=1S/C19H18N4O3S2/c24-16(8-13-2-1-6-27-13)23-5-3-14-12(11-23)9-21-18(25)17(14)19(26)22-10-15-20-4-7-28-15/h1-2,4,6-7,9H,3,5,8,10-11H2,(H,21,25)(H,22,26). The first kappa shape index (κ1) is 18.6. The van der Waals surface area contributed by atoms with Crippen LogP contribution in [-0.4, -0.2) is 33.2 Å². The molecule has 9 heteroatoms. The lowest BCUT2D eigenvalue weighted by Crippen LogP contribution is -2.40. The van der Waals surface area contributed by atoms with Crippen molar-refractivity contribution in [1.29, 1.82) is 0 Å². The van der Waals surface area contributed by atoms with Crippen LogP contribution in [0.25, 0.3) is 0 Å². The van der Waals surface area contributed by atoms with E-state index >= 15 is 0 Å². The molecule has 0 radical (unpaired) electrons. The first-order valence-electron chi connectivity index (χ1n) is 8.82. The highest BCUT2D eigenvalue weighted by atomic mass is 32.1. The van der Waals surface area contributed by atoms with E-state index in [0.717, 1.165) is 21.0 Å². The summed E-state index contributed by atoms with van der Waals surface area (Å²) in [7, 11) is 0. The van der Waals surface area contributed by atoms with E-state index in [-0.39, 0.29) is 18.0 Å². The summed E-state index contributed by atoms with van der Waals surface area (Å²) >= 11 is 3.00. The van der Waals surface area contributed by atoms with Crippen LogP contribution in [0, 0.1) is 0 Å². The number of pyridine rings is 1. The van der Waals surface area contributed by atoms with Gasteiger partial charge in [0.15, 0.2) is 0 Å². The van der Waals surface area contributed by atoms with Gasteiger partial charge in [0.25, 0.3) is 11.5 Å². The van der Waals surface area contributed by atoms with Gasteiger partial charge in [0.05, 0.1) is 13.0 Å². The van der Waals surface area contributed by atoms with Crippen LogP contribution in [0.5, 0.6) is 0 Å². The van der Waals surface area contributed by atoms with Crippen molar-refractivity contribution in [1.82, 2.24) is 20.2 Å². The Morgan fingerprint density at radius 3 is 2.93 bits per heavy atom. The number of nitrogens with one attached hydrogen (secondary N) is 2. The van der Waals surface area contributed by atoms with Gasteiger partial charge in [-0.3, -0.25) is 14.4 Å². The molecule has 3 aromatic rings. The van der Waals surface area contributed by atoms with Crippen molar-refractivity contribution in [2.75, 3.05) is 6.54 Å². The molecule has 4 rings (SSSR count). The van der Waals surface area contributed by atoms with Crippen molar-refractivity contribution in [3.05, 3.63) is 72.2 Å². The van der Waals surface area contributed by atoms with Gasteiger partial charge < -0.3 is 15.2 Å². The van der Waals surface area contributed by atoms with Crippen molar-refractivity contribution in [3.63, 3.8) is 0 Å². The first-order valence-corrected chi connectivity index (χ1v) is 10.6. The van der Waals surface area contributed by atoms with Crippen molar-refractivity contribution in [2.45, 2.75) is 25.9 Å². The third-order valence-electron chi connectivity index (χ3n) is 4.66. The van der Waals surface area contributed by atoms with Crippen molar-refractivity contribution >= 4 is 34.5 Å². The molecular formula is C19H18N4O3S2. The number of rotatable bonds is 5. The molecule has 0 atom stereocenters. The number of H-pyrrole nitrogens is 1. The Bertz CT molecular complexity index is 1040. The molecule has 0 unspecified atom stereocenters. The summed E-state index contributed by atoms with van der Waals surface area (Å²) in [5, 5.41) is 7.33. The van der Waals surface area contributed by atoms with Crippen LogP contribution in [-0.2, 0) is 30.7 Å². The Balaban J connectivity index is 1.50. The number of hydrogen-bond acceptors (Lipinski definition) is 6. The number of aromatic amines is 1. The second kappa shape index (κ2) is 8.07. The molecular weight excluding hydrogens is 396 g/mol. The molecule has 1 aliphatic heterocycles. The topological polar surface area (TPSA) is 95.2 Å². The van der Waals surface area contributed by atoms with E-state index in [9.17, 15) is 14.4 Å². The van der Waals surface area contributed by atoms with Crippen LogP contribution >= 0.6 is 22.7 Å². The average molecular weight is 415 g/mol. The minimum atomic E-state index is -0.410. The minimum absolute atomic E-state index is 0.0501. The fourth-order valence-corrected chi connectivity index (χ4v) is 4.53. The molecule has 7 nitrogen and oxygen atoms in total. The smallest absolute Gasteiger partial charge is 0.261 e. The van der Waals surface area contributed by atoms with E-state index in [1.165, 1.54) is 11.3 Å². The summed E-state index contributed by atoms with van der Waals surface area (Å²) in [5.74, 6) is -0.360. The lowest BCUT2D eigenvalue weighted by molar-refractivity contribution is -0.131. The van der Waals surface area contributed by atoms with Gasteiger partial charge in [0, 0.05) is 35.7 Å². The maximum atomic E-state index is 12.6.